The van der Waals surface area contributed by atoms with Gasteiger partial charge in [-0.3, -0.25) is 10.1 Å². The summed E-state index contributed by atoms with van der Waals surface area (Å²) in [5.41, 5.74) is 2.45. The fraction of sp³-hybridized carbons (Fsp3) is 0.500. The van der Waals surface area contributed by atoms with Crippen molar-refractivity contribution in [1.82, 2.24) is 20.1 Å². The molecule has 3 rings (SSSR count). The zero-order valence-electron chi connectivity index (χ0n) is 15.6. The number of methoxy groups -OCH3 is 1. The monoisotopic (exact) mass is 379 g/mol. The lowest BCUT2D eigenvalue weighted by molar-refractivity contribution is 0.102. The average molecular weight is 380 g/mol. The Bertz CT molecular complexity index is 761. The zero-order chi connectivity index (χ0) is 18.0. The van der Waals surface area contributed by atoms with Crippen molar-refractivity contribution in [3.05, 3.63) is 34.6 Å². The number of benzene rings is 1. The van der Waals surface area contributed by atoms with Crippen molar-refractivity contribution in [2.45, 2.75) is 32.6 Å². The van der Waals surface area contributed by atoms with Crippen LogP contribution in [0.2, 0.25) is 0 Å². The molecule has 142 valence electrons. The number of hydrogen-bond donors (Lipinski definition) is 2. The van der Waals surface area contributed by atoms with Crippen LogP contribution in [0.15, 0.2) is 12.1 Å². The number of nitrogens with zero attached hydrogens (tertiary/aromatic N) is 3. The summed E-state index contributed by atoms with van der Waals surface area (Å²) in [6.07, 6.45) is 2.04. The number of carbonyl (C=O) groups excluding carboxylic acids is 1. The van der Waals surface area contributed by atoms with Crippen LogP contribution in [-0.2, 0) is 7.05 Å². The molecule has 2 heterocycles. The molecule has 1 fully saturated rings. The number of halogens is 1. The van der Waals surface area contributed by atoms with Gasteiger partial charge in [0.15, 0.2) is 5.82 Å². The SMILES string of the molecule is COc1c(C)cc(C(=O)Nc2nc(C3CCNCC3)nn2C)cc1C.Cl. The molecule has 1 aromatic heterocycles. The van der Waals surface area contributed by atoms with Crippen molar-refractivity contribution in [2.75, 3.05) is 25.5 Å². The van der Waals surface area contributed by atoms with Gasteiger partial charge in [0, 0.05) is 18.5 Å². The third kappa shape index (κ3) is 4.16. The van der Waals surface area contributed by atoms with E-state index in [4.69, 9.17) is 4.74 Å². The molecule has 0 radical (unpaired) electrons. The summed E-state index contributed by atoms with van der Waals surface area (Å²) in [7, 11) is 3.44. The minimum atomic E-state index is -0.193. The first-order chi connectivity index (χ1) is 12.0. The van der Waals surface area contributed by atoms with Crippen molar-refractivity contribution in [3.63, 3.8) is 0 Å². The van der Waals surface area contributed by atoms with Crippen LogP contribution in [0.25, 0.3) is 0 Å². The highest BCUT2D eigenvalue weighted by molar-refractivity contribution is 6.03. The van der Waals surface area contributed by atoms with E-state index in [1.165, 1.54) is 0 Å². The standard InChI is InChI=1S/C18H25N5O2.ClH/c1-11-9-14(10-12(2)15(11)25-4)17(24)21-18-20-16(22-23(18)3)13-5-7-19-8-6-13;/h9-10,13,19H,5-8H2,1-4H3,(H,20,21,22,24);1H. The molecule has 1 saturated heterocycles. The molecule has 1 amide bonds. The van der Waals surface area contributed by atoms with Crippen LogP contribution >= 0.6 is 12.4 Å². The van der Waals surface area contributed by atoms with Crippen molar-refractivity contribution in [2.24, 2.45) is 7.05 Å². The second-order valence-electron chi connectivity index (χ2n) is 6.54. The molecule has 1 aliphatic heterocycles. The Morgan fingerprint density at radius 1 is 1.27 bits per heavy atom. The van der Waals surface area contributed by atoms with Gasteiger partial charge >= 0.3 is 0 Å². The molecule has 0 aliphatic carbocycles. The Kier molecular flexibility index (Phi) is 6.61. The Hall–Kier alpha value is -2.12. The van der Waals surface area contributed by atoms with Gasteiger partial charge < -0.3 is 10.1 Å². The van der Waals surface area contributed by atoms with E-state index < -0.39 is 0 Å². The number of piperidine rings is 1. The van der Waals surface area contributed by atoms with E-state index in [0.29, 0.717) is 17.4 Å². The lowest BCUT2D eigenvalue weighted by atomic mass is 9.98. The fourth-order valence-corrected chi connectivity index (χ4v) is 3.34. The summed E-state index contributed by atoms with van der Waals surface area (Å²) >= 11 is 0. The van der Waals surface area contributed by atoms with E-state index in [2.05, 4.69) is 20.7 Å². The zero-order valence-corrected chi connectivity index (χ0v) is 16.4. The fourth-order valence-electron chi connectivity index (χ4n) is 3.34. The number of hydrogen-bond acceptors (Lipinski definition) is 5. The summed E-state index contributed by atoms with van der Waals surface area (Å²) in [4.78, 5) is 17.2. The maximum atomic E-state index is 12.6. The van der Waals surface area contributed by atoms with Gasteiger partial charge in [0.25, 0.3) is 5.91 Å². The first-order valence-corrected chi connectivity index (χ1v) is 8.58. The number of nitrogens with one attached hydrogen (secondary N) is 2. The molecule has 26 heavy (non-hydrogen) atoms. The quantitative estimate of drug-likeness (QED) is 0.853. The van der Waals surface area contributed by atoms with Gasteiger partial charge in [-0.1, -0.05) is 0 Å². The molecule has 0 spiro atoms. The highest BCUT2D eigenvalue weighted by Crippen LogP contribution is 2.26. The first kappa shape index (κ1) is 20.2. The number of amides is 1. The lowest BCUT2D eigenvalue weighted by Gasteiger charge is -2.19. The lowest BCUT2D eigenvalue weighted by Crippen LogP contribution is -2.27. The topological polar surface area (TPSA) is 81.1 Å². The summed E-state index contributed by atoms with van der Waals surface area (Å²) in [5, 5.41) is 10.7. The molecule has 0 saturated carbocycles. The number of anilines is 1. The molecule has 1 aliphatic rings. The third-order valence-electron chi connectivity index (χ3n) is 4.64. The van der Waals surface area contributed by atoms with Crippen LogP contribution in [0.5, 0.6) is 5.75 Å². The summed E-state index contributed by atoms with van der Waals surface area (Å²) in [6.45, 7) is 5.82. The number of carbonyl (C=O) groups is 1. The van der Waals surface area contributed by atoms with Gasteiger partial charge in [-0.25, -0.2) is 4.68 Å². The van der Waals surface area contributed by atoms with E-state index in [9.17, 15) is 4.79 Å². The van der Waals surface area contributed by atoms with Crippen LogP contribution in [0, 0.1) is 13.8 Å². The molecule has 0 atom stereocenters. The maximum Gasteiger partial charge on any atom is 0.258 e. The number of aromatic nitrogens is 3. The van der Waals surface area contributed by atoms with Gasteiger partial charge in [-0.2, -0.15) is 10.1 Å². The molecule has 1 aromatic carbocycles. The van der Waals surface area contributed by atoms with E-state index in [1.54, 1.807) is 18.8 Å². The van der Waals surface area contributed by atoms with Crippen molar-refractivity contribution in [1.29, 1.82) is 0 Å². The predicted octanol–water partition coefficient (Wildman–Crippen LogP) is 2.58. The molecule has 0 unspecified atom stereocenters. The van der Waals surface area contributed by atoms with Gasteiger partial charge in [-0.15, -0.1) is 12.4 Å². The molecule has 2 aromatic rings. The van der Waals surface area contributed by atoms with Gasteiger partial charge in [-0.05, 0) is 63.0 Å². The molecule has 0 bridgehead atoms. The first-order valence-electron chi connectivity index (χ1n) is 8.58. The second kappa shape index (κ2) is 8.51. The number of rotatable bonds is 4. The van der Waals surface area contributed by atoms with E-state index >= 15 is 0 Å². The normalized spacial score (nSPS) is 14.6. The maximum absolute atomic E-state index is 12.6. The van der Waals surface area contributed by atoms with Gasteiger partial charge in [0.2, 0.25) is 5.95 Å². The van der Waals surface area contributed by atoms with E-state index in [-0.39, 0.29) is 18.3 Å². The number of aryl methyl sites for hydroxylation is 3. The van der Waals surface area contributed by atoms with Crippen LogP contribution in [0.4, 0.5) is 5.95 Å². The Labute approximate surface area is 159 Å². The van der Waals surface area contributed by atoms with Crippen LogP contribution in [0.1, 0.15) is 46.1 Å². The average Bonchev–Trinajstić information content (AvgIpc) is 2.96. The van der Waals surface area contributed by atoms with Crippen LogP contribution in [-0.4, -0.2) is 40.9 Å². The summed E-state index contributed by atoms with van der Waals surface area (Å²) in [5.74, 6) is 2.25. The molecule has 8 heteroatoms. The van der Waals surface area contributed by atoms with Crippen molar-refractivity contribution >= 4 is 24.3 Å². The highest BCUT2D eigenvalue weighted by Gasteiger charge is 2.21. The smallest absolute Gasteiger partial charge is 0.258 e. The Morgan fingerprint density at radius 2 is 1.88 bits per heavy atom. The van der Waals surface area contributed by atoms with Gasteiger partial charge in [0.1, 0.15) is 5.75 Å². The predicted molar refractivity (Wildman–Crippen MR) is 104 cm³/mol. The molecular weight excluding hydrogens is 354 g/mol. The Balaban J connectivity index is 0.00000243. The molecule has 7 nitrogen and oxygen atoms in total. The third-order valence-corrected chi connectivity index (χ3v) is 4.64. The number of ether oxygens (including phenoxy) is 1. The molecule has 2 N–H and O–H groups in total. The second-order valence-corrected chi connectivity index (χ2v) is 6.54. The Morgan fingerprint density at radius 3 is 2.46 bits per heavy atom. The summed E-state index contributed by atoms with van der Waals surface area (Å²) in [6, 6.07) is 3.65. The van der Waals surface area contributed by atoms with E-state index in [0.717, 1.165) is 48.6 Å². The largest absolute Gasteiger partial charge is 0.496 e. The minimum absolute atomic E-state index is 0. The van der Waals surface area contributed by atoms with Crippen molar-refractivity contribution < 1.29 is 9.53 Å². The van der Waals surface area contributed by atoms with Crippen LogP contribution in [0.3, 0.4) is 0 Å². The molecular formula is C18H26ClN5O2. The van der Waals surface area contributed by atoms with Gasteiger partial charge in [0.05, 0.1) is 7.11 Å². The van der Waals surface area contributed by atoms with Crippen LogP contribution < -0.4 is 15.4 Å². The minimum Gasteiger partial charge on any atom is -0.496 e. The van der Waals surface area contributed by atoms with E-state index in [1.807, 2.05) is 26.0 Å². The highest BCUT2D eigenvalue weighted by atomic mass is 35.5. The van der Waals surface area contributed by atoms with Crippen molar-refractivity contribution in [3.8, 4) is 5.75 Å². The summed E-state index contributed by atoms with van der Waals surface area (Å²) < 4.78 is 6.99.